The Labute approximate surface area is 185 Å². The molecule has 0 saturated carbocycles. The van der Waals surface area contributed by atoms with Crippen LogP contribution in [-0.4, -0.2) is 45.1 Å². The van der Waals surface area contributed by atoms with E-state index in [1.165, 1.54) is 0 Å². The summed E-state index contributed by atoms with van der Waals surface area (Å²) in [6.07, 6.45) is 2.03. The number of H-pyrrole nitrogens is 1. The highest BCUT2D eigenvalue weighted by molar-refractivity contribution is 6.42. The fourth-order valence-electron chi connectivity index (χ4n) is 3.65. The Morgan fingerprint density at radius 2 is 1.87 bits per heavy atom. The average Bonchev–Trinajstić information content (AvgIpc) is 3.21. The number of nitrogens with zero attached hydrogens (tertiary/aromatic N) is 3. The molecule has 1 aliphatic rings. The lowest BCUT2D eigenvalue weighted by molar-refractivity contribution is -0.121. The number of halogens is 2. The molecule has 0 spiro atoms. The molecule has 8 heteroatoms. The number of likely N-dealkylation sites (tertiary alicyclic amines) is 1. The van der Waals surface area contributed by atoms with Crippen LogP contribution in [0.5, 0.6) is 0 Å². The van der Waals surface area contributed by atoms with Gasteiger partial charge in [-0.2, -0.15) is 5.10 Å². The van der Waals surface area contributed by atoms with Gasteiger partial charge in [-0.15, -0.1) is 0 Å². The van der Waals surface area contributed by atoms with Crippen molar-refractivity contribution in [2.75, 3.05) is 13.1 Å². The number of nitrogens with one attached hydrogen (secondary N) is 2. The van der Waals surface area contributed by atoms with Crippen molar-refractivity contribution in [3.05, 3.63) is 70.0 Å². The second-order valence-corrected chi connectivity index (χ2v) is 8.33. The molecule has 0 atom stereocenters. The summed E-state index contributed by atoms with van der Waals surface area (Å²) in [7, 11) is 0. The number of carbonyl (C=O) groups is 1. The lowest BCUT2D eigenvalue weighted by atomic mass is 10.0. The number of hydrogen-bond donors (Lipinski definition) is 2. The molecule has 1 amide bonds. The maximum Gasteiger partial charge on any atom is 0.227 e. The van der Waals surface area contributed by atoms with Crippen LogP contribution in [-0.2, 0) is 17.8 Å². The monoisotopic (exact) mass is 443 g/mol. The van der Waals surface area contributed by atoms with Gasteiger partial charge < -0.3 is 5.32 Å². The first-order valence-electron chi connectivity index (χ1n) is 9.99. The second-order valence-electron chi connectivity index (χ2n) is 7.51. The maximum absolute atomic E-state index is 12.4. The van der Waals surface area contributed by atoms with Crippen molar-refractivity contribution in [3.63, 3.8) is 0 Å². The predicted molar refractivity (Wildman–Crippen MR) is 118 cm³/mol. The largest absolute Gasteiger partial charge is 0.353 e. The molecule has 6 nitrogen and oxygen atoms in total. The van der Waals surface area contributed by atoms with E-state index in [0.29, 0.717) is 21.7 Å². The summed E-state index contributed by atoms with van der Waals surface area (Å²) in [5.41, 5.74) is 2.07. The van der Waals surface area contributed by atoms with Crippen LogP contribution in [0.4, 0.5) is 0 Å². The molecule has 0 bridgehead atoms. The van der Waals surface area contributed by atoms with E-state index in [4.69, 9.17) is 23.2 Å². The van der Waals surface area contributed by atoms with Gasteiger partial charge in [-0.05, 0) is 30.5 Å². The van der Waals surface area contributed by atoms with Gasteiger partial charge in [0.05, 0.1) is 16.5 Å². The Balaban J connectivity index is 1.23. The van der Waals surface area contributed by atoms with Gasteiger partial charge >= 0.3 is 0 Å². The smallest absolute Gasteiger partial charge is 0.227 e. The molecule has 0 unspecified atom stereocenters. The van der Waals surface area contributed by atoms with E-state index in [1.54, 1.807) is 0 Å². The van der Waals surface area contributed by atoms with Crippen molar-refractivity contribution in [2.24, 2.45) is 0 Å². The standard InChI is InChI=1S/C22H23Cl2N5O/c23-18-7-6-15(12-19(18)24)14-29-10-8-17(9-11-29)25-21(30)13-20-26-22(28-27-20)16-4-2-1-3-5-16/h1-7,12,17H,8-11,13-14H2,(H,25,30)(H,26,27,28). The Morgan fingerprint density at radius 1 is 1.10 bits per heavy atom. The van der Waals surface area contributed by atoms with Gasteiger partial charge in [0.1, 0.15) is 5.82 Å². The Morgan fingerprint density at radius 3 is 2.60 bits per heavy atom. The lowest BCUT2D eigenvalue weighted by Gasteiger charge is -2.32. The van der Waals surface area contributed by atoms with Crippen LogP contribution in [0.2, 0.25) is 10.0 Å². The van der Waals surface area contributed by atoms with E-state index < -0.39 is 0 Å². The second kappa shape index (κ2) is 9.60. The first-order valence-corrected chi connectivity index (χ1v) is 10.7. The van der Waals surface area contributed by atoms with Crippen LogP contribution in [0.15, 0.2) is 48.5 Å². The van der Waals surface area contributed by atoms with Crippen LogP contribution in [0.3, 0.4) is 0 Å². The van der Waals surface area contributed by atoms with Crippen LogP contribution >= 0.6 is 23.2 Å². The summed E-state index contributed by atoms with van der Waals surface area (Å²) in [4.78, 5) is 19.2. The van der Waals surface area contributed by atoms with Gasteiger partial charge in [-0.25, -0.2) is 4.98 Å². The summed E-state index contributed by atoms with van der Waals surface area (Å²) in [6.45, 7) is 2.68. The van der Waals surface area contributed by atoms with Crippen LogP contribution < -0.4 is 5.32 Å². The van der Waals surface area contributed by atoms with Crippen molar-refractivity contribution < 1.29 is 4.79 Å². The first-order chi connectivity index (χ1) is 14.6. The predicted octanol–water partition coefficient (Wildman–Crippen LogP) is 4.10. The fraction of sp³-hybridized carbons (Fsp3) is 0.318. The van der Waals surface area contributed by atoms with Gasteiger partial charge in [0, 0.05) is 31.2 Å². The molecule has 1 fully saturated rings. The molecule has 1 aromatic heterocycles. The highest BCUT2D eigenvalue weighted by Crippen LogP contribution is 2.24. The molecule has 0 aliphatic carbocycles. The molecule has 156 valence electrons. The zero-order valence-corrected chi connectivity index (χ0v) is 18.0. The van der Waals surface area contributed by atoms with Crippen LogP contribution in [0.1, 0.15) is 24.2 Å². The molecule has 1 aliphatic heterocycles. The van der Waals surface area contributed by atoms with Crippen molar-refractivity contribution >= 4 is 29.1 Å². The van der Waals surface area contributed by atoms with Gasteiger partial charge in [0.15, 0.2) is 5.82 Å². The van der Waals surface area contributed by atoms with Crippen LogP contribution in [0, 0.1) is 0 Å². The molecule has 2 aromatic carbocycles. The molecule has 0 radical (unpaired) electrons. The number of amides is 1. The van der Waals surface area contributed by atoms with E-state index >= 15 is 0 Å². The highest BCUT2D eigenvalue weighted by atomic mass is 35.5. The number of aromatic amines is 1. The van der Waals surface area contributed by atoms with E-state index in [9.17, 15) is 4.79 Å². The summed E-state index contributed by atoms with van der Waals surface area (Å²) in [5.74, 6) is 1.14. The summed E-state index contributed by atoms with van der Waals surface area (Å²) < 4.78 is 0. The number of piperidine rings is 1. The van der Waals surface area contributed by atoms with E-state index in [2.05, 4.69) is 25.4 Å². The number of rotatable bonds is 6. The summed E-state index contributed by atoms with van der Waals surface area (Å²) in [6, 6.07) is 15.6. The minimum atomic E-state index is -0.0336. The number of carbonyl (C=O) groups excluding carboxylic acids is 1. The topological polar surface area (TPSA) is 73.9 Å². The zero-order chi connectivity index (χ0) is 20.9. The fourth-order valence-corrected chi connectivity index (χ4v) is 3.97. The van der Waals surface area contributed by atoms with Crippen LogP contribution in [0.25, 0.3) is 11.4 Å². The third kappa shape index (κ3) is 5.39. The molecule has 2 heterocycles. The van der Waals surface area contributed by atoms with Crippen molar-refractivity contribution in [1.29, 1.82) is 0 Å². The number of hydrogen-bond acceptors (Lipinski definition) is 4. The third-order valence-corrected chi connectivity index (χ3v) is 5.97. The number of benzene rings is 2. The van der Waals surface area contributed by atoms with Crippen molar-refractivity contribution in [2.45, 2.75) is 31.8 Å². The van der Waals surface area contributed by atoms with Crippen molar-refractivity contribution in [3.8, 4) is 11.4 Å². The molecule has 1 saturated heterocycles. The molecule has 30 heavy (non-hydrogen) atoms. The summed E-state index contributed by atoms with van der Waals surface area (Å²) in [5, 5.41) is 11.4. The van der Waals surface area contributed by atoms with E-state index in [-0.39, 0.29) is 18.4 Å². The maximum atomic E-state index is 12.4. The minimum absolute atomic E-state index is 0.0336. The number of aromatic nitrogens is 3. The Hall–Kier alpha value is -2.41. The molecule has 3 aromatic rings. The average molecular weight is 444 g/mol. The third-order valence-electron chi connectivity index (χ3n) is 5.23. The van der Waals surface area contributed by atoms with E-state index in [1.807, 2.05) is 48.5 Å². The minimum Gasteiger partial charge on any atom is -0.353 e. The Kier molecular flexibility index (Phi) is 6.67. The molecule has 2 N–H and O–H groups in total. The van der Waals surface area contributed by atoms with E-state index in [0.717, 1.165) is 43.6 Å². The van der Waals surface area contributed by atoms with Gasteiger partial charge in [0.2, 0.25) is 5.91 Å². The summed E-state index contributed by atoms with van der Waals surface area (Å²) >= 11 is 12.1. The first kappa shape index (κ1) is 20.8. The quantitative estimate of drug-likeness (QED) is 0.601. The zero-order valence-electron chi connectivity index (χ0n) is 16.4. The Bertz CT molecular complexity index is 1000. The molecular weight excluding hydrogens is 421 g/mol. The van der Waals surface area contributed by atoms with Gasteiger partial charge in [-0.3, -0.25) is 14.8 Å². The van der Waals surface area contributed by atoms with Crippen molar-refractivity contribution in [1.82, 2.24) is 25.4 Å². The highest BCUT2D eigenvalue weighted by Gasteiger charge is 2.21. The van der Waals surface area contributed by atoms with Gasteiger partial charge in [-0.1, -0.05) is 59.6 Å². The lowest BCUT2D eigenvalue weighted by Crippen LogP contribution is -2.44. The SMILES string of the molecule is O=C(Cc1nc(-c2ccccc2)n[nH]1)NC1CCN(Cc2ccc(Cl)c(Cl)c2)CC1. The molecule has 4 rings (SSSR count). The normalized spacial score (nSPS) is 15.3. The van der Waals surface area contributed by atoms with Gasteiger partial charge in [0.25, 0.3) is 0 Å². The molecular formula is C22H23Cl2N5O.